The number of imidazole rings is 1. The van der Waals surface area contributed by atoms with E-state index in [1.807, 2.05) is 17.7 Å². The van der Waals surface area contributed by atoms with Crippen LogP contribution in [0, 0.1) is 5.82 Å². The Morgan fingerprint density at radius 2 is 2.29 bits per heavy atom. The molecule has 0 aliphatic rings. The fourth-order valence-corrected chi connectivity index (χ4v) is 1.41. The smallest absolute Gasteiger partial charge is 0.123 e. The minimum absolute atomic E-state index is 0.190. The van der Waals surface area contributed by atoms with Crippen LogP contribution in [-0.2, 0) is 13.5 Å². The van der Waals surface area contributed by atoms with Gasteiger partial charge >= 0.3 is 0 Å². The lowest BCUT2D eigenvalue weighted by molar-refractivity contribution is 0.625. The number of nitrogens with zero attached hydrogens (tertiary/aromatic N) is 2. The number of benzene rings is 1. The molecular formula is C11H11FN2. The Morgan fingerprint density at radius 3 is 2.93 bits per heavy atom. The molecule has 14 heavy (non-hydrogen) atoms. The van der Waals surface area contributed by atoms with E-state index in [4.69, 9.17) is 0 Å². The average Bonchev–Trinajstić information content (AvgIpc) is 2.52. The molecule has 0 saturated heterocycles. The first-order valence-electron chi connectivity index (χ1n) is 4.45. The second-order valence-corrected chi connectivity index (χ2v) is 3.30. The van der Waals surface area contributed by atoms with Crippen LogP contribution in [0.2, 0.25) is 0 Å². The summed E-state index contributed by atoms with van der Waals surface area (Å²) < 4.78 is 14.8. The quantitative estimate of drug-likeness (QED) is 0.709. The largest absolute Gasteiger partial charge is 0.337 e. The Labute approximate surface area is 82.0 Å². The highest BCUT2D eigenvalue weighted by Crippen LogP contribution is 2.09. The molecule has 0 aliphatic heterocycles. The van der Waals surface area contributed by atoms with Crippen LogP contribution >= 0.6 is 0 Å². The standard InChI is InChI=1S/C11H11FN2/c1-14-8-13-7-11(14)6-9-3-2-4-10(12)5-9/h2-5,7-8H,6H2,1H3. The molecule has 3 heteroatoms. The highest BCUT2D eigenvalue weighted by Gasteiger charge is 2.00. The van der Waals surface area contributed by atoms with Crippen LogP contribution in [0.4, 0.5) is 4.39 Å². The lowest BCUT2D eigenvalue weighted by Crippen LogP contribution is -1.96. The molecule has 2 nitrogen and oxygen atoms in total. The van der Waals surface area contributed by atoms with E-state index < -0.39 is 0 Å². The van der Waals surface area contributed by atoms with Crippen LogP contribution in [-0.4, -0.2) is 9.55 Å². The van der Waals surface area contributed by atoms with Crippen molar-refractivity contribution in [1.82, 2.24) is 9.55 Å². The van der Waals surface area contributed by atoms with Crippen LogP contribution in [0.1, 0.15) is 11.3 Å². The fraction of sp³-hybridized carbons (Fsp3) is 0.182. The lowest BCUT2D eigenvalue weighted by Gasteiger charge is -2.02. The maximum absolute atomic E-state index is 12.9. The molecule has 0 unspecified atom stereocenters. The van der Waals surface area contributed by atoms with Crippen LogP contribution in [0.25, 0.3) is 0 Å². The Balaban J connectivity index is 2.23. The number of hydrogen-bond donors (Lipinski definition) is 0. The summed E-state index contributed by atoms with van der Waals surface area (Å²) >= 11 is 0. The lowest BCUT2D eigenvalue weighted by atomic mass is 10.1. The van der Waals surface area contributed by atoms with Gasteiger partial charge in [0, 0.05) is 25.4 Å². The topological polar surface area (TPSA) is 17.8 Å². The molecule has 0 bridgehead atoms. The fourth-order valence-electron chi connectivity index (χ4n) is 1.41. The summed E-state index contributed by atoms with van der Waals surface area (Å²) in [6.45, 7) is 0. The Hall–Kier alpha value is -1.64. The van der Waals surface area contributed by atoms with E-state index in [9.17, 15) is 4.39 Å². The van der Waals surface area contributed by atoms with E-state index >= 15 is 0 Å². The van der Waals surface area contributed by atoms with E-state index in [2.05, 4.69) is 4.98 Å². The molecular weight excluding hydrogens is 179 g/mol. The summed E-state index contributed by atoms with van der Waals surface area (Å²) in [6, 6.07) is 6.64. The Kier molecular flexibility index (Phi) is 2.31. The van der Waals surface area contributed by atoms with Gasteiger partial charge in [0.2, 0.25) is 0 Å². The van der Waals surface area contributed by atoms with Crippen molar-refractivity contribution in [2.75, 3.05) is 0 Å². The second kappa shape index (κ2) is 3.62. The Bertz CT molecular complexity index is 434. The number of halogens is 1. The molecule has 1 heterocycles. The van der Waals surface area contributed by atoms with E-state index in [0.717, 1.165) is 11.3 Å². The normalized spacial score (nSPS) is 10.4. The van der Waals surface area contributed by atoms with E-state index in [-0.39, 0.29) is 5.82 Å². The summed E-state index contributed by atoms with van der Waals surface area (Å²) in [7, 11) is 1.93. The molecule has 0 atom stereocenters. The van der Waals surface area contributed by atoms with E-state index in [0.29, 0.717) is 6.42 Å². The van der Waals surface area contributed by atoms with Gasteiger partial charge < -0.3 is 4.57 Å². The van der Waals surface area contributed by atoms with Crippen LogP contribution in [0.5, 0.6) is 0 Å². The second-order valence-electron chi connectivity index (χ2n) is 3.30. The predicted molar refractivity (Wildman–Crippen MR) is 52.4 cm³/mol. The highest BCUT2D eigenvalue weighted by atomic mass is 19.1. The molecule has 2 aromatic rings. The molecule has 0 fully saturated rings. The molecule has 1 aromatic heterocycles. The number of rotatable bonds is 2. The first-order chi connectivity index (χ1) is 6.75. The molecule has 72 valence electrons. The SMILES string of the molecule is Cn1cncc1Cc1cccc(F)c1. The average molecular weight is 190 g/mol. The van der Waals surface area contributed by atoms with Crippen molar-refractivity contribution >= 4 is 0 Å². The summed E-state index contributed by atoms with van der Waals surface area (Å²) in [5.41, 5.74) is 2.05. The predicted octanol–water partition coefficient (Wildman–Crippen LogP) is 2.15. The summed E-state index contributed by atoms with van der Waals surface area (Å²) in [6.07, 6.45) is 4.26. The van der Waals surface area contributed by atoms with Gasteiger partial charge in [-0.3, -0.25) is 0 Å². The van der Waals surface area contributed by atoms with Crippen LogP contribution < -0.4 is 0 Å². The minimum Gasteiger partial charge on any atom is -0.337 e. The summed E-state index contributed by atoms with van der Waals surface area (Å²) in [5, 5.41) is 0. The van der Waals surface area contributed by atoms with Crippen LogP contribution in [0.15, 0.2) is 36.8 Å². The van der Waals surface area contributed by atoms with Crippen molar-refractivity contribution < 1.29 is 4.39 Å². The third kappa shape index (κ3) is 1.82. The zero-order valence-corrected chi connectivity index (χ0v) is 7.94. The summed E-state index contributed by atoms with van der Waals surface area (Å²) in [4.78, 5) is 4.01. The maximum Gasteiger partial charge on any atom is 0.123 e. The maximum atomic E-state index is 12.9. The van der Waals surface area contributed by atoms with Gasteiger partial charge in [0.15, 0.2) is 0 Å². The highest BCUT2D eigenvalue weighted by molar-refractivity contribution is 5.21. The molecule has 1 aromatic carbocycles. The van der Waals surface area contributed by atoms with Gasteiger partial charge in [0.05, 0.1) is 6.33 Å². The van der Waals surface area contributed by atoms with Crippen molar-refractivity contribution in [3.05, 3.63) is 53.9 Å². The van der Waals surface area contributed by atoms with Crippen molar-refractivity contribution in [2.24, 2.45) is 7.05 Å². The van der Waals surface area contributed by atoms with Crippen molar-refractivity contribution in [3.63, 3.8) is 0 Å². The zero-order chi connectivity index (χ0) is 9.97. The van der Waals surface area contributed by atoms with Crippen LogP contribution in [0.3, 0.4) is 0 Å². The van der Waals surface area contributed by atoms with Crippen molar-refractivity contribution in [1.29, 1.82) is 0 Å². The molecule has 0 amide bonds. The van der Waals surface area contributed by atoms with Gasteiger partial charge in [-0.15, -0.1) is 0 Å². The minimum atomic E-state index is -0.190. The summed E-state index contributed by atoms with van der Waals surface area (Å²) in [5.74, 6) is -0.190. The molecule has 0 aliphatic carbocycles. The van der Waals surface area contributed by atoms with Gasteiger partial charge in [0.25, 0.3) is 0 Å². The van der Waals surface area contributed by atoms with Crippen molar-refractivity contribution in [3.8, 4) is 0 Å². The molecule has 0 saturated carbocycles. The Morgan fingerprint density at radius 1 is 1.43 bits per heavy atom. The first kappa shape index (κ1) is 8.94. The number of hydrogen-bond acceptors (Lipinski definition) is 1. The van der Waals surface area contributed by atoms with E-state index in [1.165, 1.54) is 6.07 Å². The van der Waals surface area contributed by atoms with Gasteiger partial charge in [-0.1, -0.05) is 12.1 Å². The van der Waals surface area contributed by atoms with Crippen molar-refractivity contribution in [2.45, 2.75) is 6.42 Å². The zero-order valence-electron chi connectivity index (χ0n) is 7.94. The molecule has 0 spiro atoms. The monoisotopic (exact) mass is 190 g/mol. The number of aryl methyl sites for hydroxylation is 1. The third-order valence-corrected chi connectivity index (χ3v) is 2.19. The first-order valence-corrected chi connectivity index (χ1v) is 4.45. The van der Waals surface area contributed by atoms with Gasteiger partial charge in [-0.25, -0.2) is 9.37 Å². The molecule has 0 N–H and O–H groups in total. The molecule has 0 radical (unpaired) electrons. The van der Waals surface area contributed by atoms with Gasteiger partial charge in [-0.05, 0) is 17.7 Å². The van der Waals surface area contributed by atoms with Gasteiger partial charge in [-0.2, -0.15) is 0 Å². The number of aromatic nitrogens is 2. The van der Waals surface area contributed by atoms with Gasteiger partial charge in [0.1, 0.15) is 5.82 Å². The third-order valence-electron chi connectivity index (χ3n) is 2.19. The van der Waals surface area contributed by atoms with E-state index in [1.54, 1.807) is 24.7 Å². The molecule has 2 rings (SSSR count).